The van der Waals surface area contributed by atoms with E-state index in [0.717, 1.165) is 20.8 Å². The van der Waals surface area contributed by atoms with Gasteiger partial charge >= 0.3 is 0 Å². The molecule has 0 aliphatic heterocycles. The monoisotopic (exact) mass is 496 g/mol. The first kappa shape index (κ1) is 22.2. The third-order valence-electron chi connectivity index (χ3n) is 4.99. The summed E-state index contributed by atoms with van der Waals surface area (Å²) in [6, 6.07) is 15.7. The summed E-state index contributed by atoms with van der Waals surface area (Å²) in [4.78, 5) is 4.55. The topological polar surface area (TPSA) is 121 Å². The molecule has 0 aliphatic carbocycles. The Balaban J connectivity index is 1.26. The normalized spacial score (nSPS) is 11.8. The molecule has 12 heteroatoms. The zero-order valence-electron chi connectivity index (χ0n) is 18.3. The third-order valence-corrected chi connectivity index (χ3v) is 7.38. The van der Waals surface area contributed by atoms with Crippen LogP contribution in [-0.4, -0.2) is 53.5 Å². The van der Waals surface area contributed by atoms with E-state index in [0.29, 0.717) is 23.1 Å². The van der Waals surface area contributed by atoms with Gasteiger partial charge in [-0.1, -0.05) is 12.1 Å². The summed E-state index contributed by atoms with van der Waals surface area (Å²) in [5.41, 5.74) is 2.13. The van der Waals surface area contributed by atoms with Crippen molar-refractivity contribution in [3.05, 3.63) is 59.6 Å². The second kappa shape index (κ2) is 8.97. The van der Waals surface area contributed by atoms with Gasteiger partial charge in [-0.2, -0.15) is 4.52 Å². The second-order valence-corrected chi connectivity index (χ2v) is 10.3. The number of aromatic nitrogens is 5. The van der Waals surface area contributed by atoms with Crippen molar-refractivity contribution >= 4 is 37.2 Å². The number of nitrogens with one attached hydrogen (secondary N) is 1. The van der Waals surface area contributed by atoms with Crippen LogP contribution in [0.5, 0.6) is 11.6 Å². The number of rotatable bonds is 8. The van der Waals surface area contributed by atoms with E-state index in [2.05, 4.69) is 25.0 Å². The van der Waals surface area contributed by atoms with Crippen molar-refractivity contribution in [3.63, 3.8) is 0 Å². The second-order valence-electron chi connectivity index (χ2n) is 7.31. The third kappa shape index (κ3) is 4.42. The molecule has 5 rings (SSSR count). The van der Waals surface area contributed by atoms with Crippen molar-refractivity contribution in [1.82, 2.24) is 29.5 Å². The highest BCUT2D eigenvalue weighted by atomic mass is 32.2. The predicted molar refractivity (Wildman–Crippen MR) is 128 cm³/mol. The van der Waals surface area contributed by atoms with E-state index in [1.807, 2.05) is 31.2 Å². The van der Waals surface area contributed by atoms with Gasteiger partial charge in [-0.3, -0.25) is 0 Å². The van der Waals surface area contributed by atoms with Gasteiger partial charge in [0.05, 0.1) is 27.2 Å². The number of sulfonamides is 1. The number of benzene rings is 2. The zero-order valence-corrected chi connectivity index (χ0v) is 19.9. The molecule has 3 heterocycles. The molecule has 174 valence electrons. The maximum Gasteiger partial charge on any atom is 0.240 e. The summed E-state index contributed by atoms with van der Waals surface area (Å²) in [5, 5.41) is 13.7. The van der Waals surface area contributed by atoms with Crippen molar-refractivity contribution in [3.8, 4) is 23.0 Å². The van der Waals surface area contributed by atoms with E-state index >= 15 is 0 Å². The zero-order chi connectivity index (χ0) is 23.7. The minimum absolute atomic E-state index is 0.0761. The van der Waals surface area contributed by atoms with Gasteiger partial charge in [0.15, 0.2) is 11.5 Å². The lowest BCUT2D eigenvalue weighted by atomic mass is 10.2. The Morgan fingerprint density at radius 2 is 1.97 bits per heavy atom. The summed E-state index contributed by atoms with van der Waals surface area (Å²) in [6.45, 7) is 2.06. The molecule has 2 aromatic carbocycles. The SMILES string of the molecule is COc1cccc(-c2nnc3ccc(OCCNS(=O)(=O)c4ccc5nc(C)sc5c4)nn23)c1. The Morgan fingerprint density at radius 1 is 1.09 bits per heavy atom. The first-order chi connectivity index (χ1) is 16.4. The average Bonchev–Trinajstić information content (AvgIpc) is 3.43. The predicted octanol–water partition coefficient (Wildman–Crippen LogP) is 3.08. The Kier molecular flexibility index (Phi) is 5.86. The van der Waals surface area contributed by atoms with Gasteiger partial charge in [0, 0.05) is 18.2 Å². The molecule has 0 amide bonds. The molecule has 0 atom stereocenters. The molecule has 1 N–H and O–H groups in total. The van der Waals surface area contributed by atoms with Crippen molar-refractivity contribution in [1.29, 1.82) is 0 Å². The Labute approximate surface area is 199 Å². The maximum atomic E-state index is 12.7. The molecule has 0 fully saturated rings. The van der Waals surface area contributed by atoms with E-state index < -0.39 is 10.0 Å². The Morgan fingerprint density at radius 3 is 2.82 bits per heavy atom. The number of fused-ring (bicyclic) bond motifs is 2. The quantitative estimate of drug-likeness (QED) is 0.326. The summed E-state index contributed by atoms with van der Waals surface area (Å²) in [6.07, 6.45) is 0. The molecule has 3 aromatic heterocycles. The van der Waals surface area contributed by atoms with Crippen LogP contribution in [-0.2, 0) is 10.0 Å². The van der Waals surface area contributed by atoms with E-state index in [9.17, 15) is 8.42 Å². The van der Waals surface area contributed by atoms with Crippen molar-refractivity contribution < 1.29 is 17.9 Å². The molecule has 34 heavy (non-hydrogen) atoms. The van der Waals surface area contributed by atoms with Crippen LogP contribution >= 0.6 is 11.3 Å². The van der Waals surface area contributed by atoms with E-state index in [-0.39, 0.29) is 18.0 Å². The van der Waals surface area contributed by atoms with Crippen LogP contribution in [0.4, 0.5) is 0 Å². The number of methoxy groups -OCH3 is 1. The Bertz CT molecular complexity index is 1600. The molecule has 0 saturated carbocycles. The molecule has 0 spiro atoms. The number of hydrogen-bond acceptors (Lipinski definition) is 9. The van der Waals surface area contributed by atoms with Crippen LogP contribution in [0.2, 0.25) is 0 Å². The number of nitrogens with zero attached hydrogens (tertiary/aromatic N) is 5. The van der Waals surface area contributed by atoms with Crippen LogP contribution in [0.3, 0.4) is 0 Å². The summed E-state index contributed by atoms with van der Waals surface area (Å²) >= 11 is 1.46. The first-order valence-electron chi connectivity index (χ1n) is 10.3. The number of aryl methyl sites for hydroxylation is 1. The average molecular weight is 497 g/mol. The van der Waals surface area contributed by atoms with Gasteiger partial charge in [-0.05, 0) is 43.3 Å². The molecule has 5 aromatic rings. The minimum atomic E-state index is -3.68. The van der Waals surface area contributed by atoms with Crippen LogP contribution in [0, 0.1) is 6.92 Å². The fraction of sp³-hybridized carbons (Fsp3) is 0.182. The molecule has 0 bridgehead atoms. The smallest absolute Gasteiger partial charge is 0.240 e. The lowest BCUT2D eigenvalue weighted by molar-refractivity contribution is 0.306. The highest BCUT2D eigenvalue weighted by Gasteiger charge is 2.16. The molecular weight excluding hydrogens is 476 g/mol. The number of thiazole rings is 1. The van der Waals surface area contributed by atoms with Gasteiger partial charge in [0.25, 0.3) is 0 Å². The fourth-order valence-electron chi connectivity index (χ4n) is 3.39. The summed E-state index contributed by atoms with van der Waals surface area (Å²) in [5.74, 6) is 1.55. The van der Waals surface area contributed by atoms with Gasteiger partial charge in [0.1, 0.15) is 12.4 Å². The van der Waals surface area contributed by atoms with Gasteiger partial charge in [-0.25, -0.2) is 18.1 Å². The molecule has 0 aliphatic rings. The standard InChI is InChI=1S/C22H20N6O4S2/c1-14-24-18-7-6-17(13-19(18)33-14)34(29,30)23-10-11-32-21-9-8-20-25-26-22(28(20)27-21)15-4-3-5-16(12-15)31-2/h3-9,12-13,23H,10-11H2,1-2H3. The molecule has 10 nitrogen and oxygen atoms in total. The van der Waals surface area contributed by atoms with Crippen molar-refractivity contribution in [2.45, 2.75) is 11.8 Å². The number of hydrogen-bond donors (Lipinski definition) is 1. The van der Waals surface area contributed by atoms with Crippen LogP contribution < -0.4 is 14.2 Å². The fourth-order valence-corrected chi connectivity index (χ4v) is 5.37. The lowest BCUT2D eigenvalue weighted by Crippen LogP contribution is -2.28. The first-order valence-corrected chi connectivity index (χ1v) is 12.6. The molecule has 0 saturated heterocycles. The lowest BCUT2D eigenvalue weighted by Gasteiger charge is -2.09. The summed E-state index contributed by atoms with van der Waals surface area (Å²) < 4.78 is 41.2. The molecule has 0 radical (unpaired) electrons. The van der Waals surface area contributed by atoms with Crippen molar-refractivity contribution in [2.24, 2.45) is 0 Å². The van der Waals surface area contributed by atoms with E-state index in [1.54, 1.807) is 42.0 Å². The van der Waals surface area contributed by atoms with Crippen molar-refractivity contribution in [2.75, 3.05) is 20.3 Å². The van der Waals surface area contributed by atoms with Gasteiger partial charge < -0.3 is 9.47 Å². The summed E-state index contributed by atoms with van der Waals surface area (Å²) in [7, 11) is -2.09. The van der Waals surface area contributed by atoms with Crippen LogP contribution in [0.25, 0.3) is 27.3 Å². The van der Waals surface area contributed by atoms with Crippen LogP contribution in [0.15, 0.2) is 59.5 Å². The molecular formula is C22H20N6O4S2. The largest absolute Gasteiger partial charge is 0.497 e. The minimum Gasteiger partial charge on any atom is -0.497 e. The Hall–Kier alpha value is -3.61. The van der Waals surface area contributed by atoms with E-state index in [4.69, 9.17) is 9.47 Å². The van der Waals surface area contributed by atoms with Crippen LogP contribution in [0.1, 0.15) is 5.01 Å². The van der Waals surface area contributed by atoms with Gasteiger partial charge in [0.2, 0.25) is 15.9 Å². The van der Waals surface area contributed by atoms with E-state index in [1.165, 1.54) is 11.3 Å². The highest BCUT2D eigenvalue weighted by Crippen LogP contribution is 2.25. The van der Waals surface area contributed by atoms with Gasteiger partial charge in [-0.15, -0.1) is 26.6 Å². The molecule has 0 unspecified atom stereocenters. The highest BCUT2D eigenvalue weighted by molar-refractivity contribution is 7.89. The maximum absolute atomic E-state index is 12.7. The number of ether oxygens (including phenoxy) is 2.